The number of amides is 3. The van der Waals surface area contributed by atoms with Crippen molar-refractivity contribution < 1.29 is 19.1 Å². The Balaban J connectivity index is 1.21. The standard InChI is InChI=1S/C26H29N3O4/c30-25-19-7-4-11-29(26(31)27-10-8-17-5-2-1-3-6-17)21(19)15-22-20-14-24-23(32-16-33-24)13-18(20)9-12-28(22)25/h1-3,5-6,13-14,19,21-22H,4,7-12,15-16H2,(H,27,31)/t19-,21-,22+/m1/s1. The van der Waals surface area contributed by atoms with Crippen molar-refractivity contribution in [3.05, 3.63) is 59.2 Å². The first-order chi connectivity index (χ1) is 16.2. The van der Waals surface area contributed by atoms with Gasteiger partial charge in [0.25, 0.3) is 0 Å². The lowest BCUT2D eigenvalue weighted by atomic mass is 9.76. The number of hydrogen-bond donors (Lipinski definition) is 1. The van der Waals surface area contributed by atoms with Gasteiger partial charge in [-0.15, -0.1) is 0 Å². The lowest BCUT2D eigenvalue weighted by Gasteiger charge is -2.51. The van der Waals surface area contributed by atoms with Crippen LogP contribution in [0.5, 0.6) is 11.5 Å². The number of carbonyl (C=O) groups excluding carboxylic acids is 2. The minimum Gasteiger partial charge on any atom is -0.454 e. The van der Waals surface area contributed by atoms with Gasteiger partial charge in [0.1, 0.15) is 0 Å². The molecule has 0 spiro atoms. The highest BCUT2D eigenvalue weighted by Crippen LogP contribution is 2.46. The van der Waals surface area contributed by atoms with Gasteiger partial charge in [0.05, 0.1) is 12.0 Å². The van der Waals surface area contributed by atoms with E-state index in [4.69, 9.17) is 9.47 Å². The molecule has 0 unspecified atom stereocenters. The highest BCUT2D eigenvalue weighted by atomic mass is 16.7. The Hall–Kier alpha value is -3.22. The molecule has 7 heteroatoms. The topological polar surface area (TPSA) is 71.1 Å². The Morgan fingerprint density at radius 1 is 1.09 bits per heavy atom. The van der Waals surface area contributed by atoms with Crippen molar-refractivity contribution in [2.45, 2.75) is 44.2 Å². The lowest BCUT2D eigenvalue weighted by Crippen LogP contribution is -2.61. The van der Waals surface area contributed by atoms with Crippen LogP contribution in [0.25, 0.3) is 0 Å². The largest absolute Gasteiger partial charge is 0.454 e. The van der Waals surface area contributed by atoms with Crippen LogP contribution in [0.1, 0.15) is 42.0 Å². The van der Waals surface area contributed by atoms with E-state index in [1.165, 1.54) is 11.1 Å². The van der Waals surface area contributed by atoms with Crippen molar-refractivity contribution in [2.75, 3.05) is 26.4 Å². The predicted molar refractivity (Wildman–Crippen MR) is 122 cm³/mol. The fourth-order valence-electron chi connectivity index (χ4n) is 6.00. The van der Waals surface area contributed by atoms with Crippen LogP contribution in [-0.4, -0.2) is 54.2 Å². The van der Waals surface area contributed by atoms with Gasteiger partial charge in [0, 0.05) is 25.7 Å². The fourth-order valence-corrected chi connectivity index (χ4v) is 6.00. The van der Waals surface area contributed by atoms with E-state index in [0.717, 1.165) is 55.7 Å². The van der Waals surface area contributed by atoms with Crippen LogP contribution >= 0.6 is 0 Å². The first kappa shape index (κ1) is 20.4. The number of carbonyl (C=O) groups is 2. The second-order valence-electron chi connectivity index (χ2n) is 9.41. The number of hydrogen-bond acceptors (Lipinski definition) is 4. The number of fused-ring (bicyclic) bond motifs is 5. The number of nitrogens with zero attached hydrogens (tertiary/aromatic N) is 2. The van der Waals surface area contributed by atoms with Gasteiger partial charge >= 0.3 is 6.03 Å². The van der Waals surface area contributed by atoms with Gasteiger partial charge in [-0.25, -0.2) is 4.79 Å². The van der Waals surface area contributed by atoms with E-state index in [2.05, 4.69) is 29.6 Å². The molecule has 2 fully saturated rings. The third-order valence-electron chi connectivity index (χ3n) is 7.63. The van der Waals surface area contributed by atoms with Gasteiger partial charge in [-0.3, -0.25) is 4.79 Å². The summed E-state index contributed by atoms with van der Waals surface area (Å²) < 4.78 is 11.2. The molecule has 4 aliphatic heterocycles. The normalized spacial score (nSPS) is 25.2. The minimum atomic E-state index is -0.106. The van der Waals surface area contributed by atoms with Crippen molar-refractivity contribution in [2.24, 2.45) is 5.92 Å². The molecule has 172 valence electrons. The van der Waals surface area contributed by atoms with Crippen molar-refractivity contribution >= 4 is 11.9 Å². The van der Waals surface area contributed by atoms with Crippen molar-refractivity contribution in [3.63, 3.8) is 0 Å². The highest BCUT2D eigenvalue weighted by molar-refractivity contribution is 5.83. The number of piperidine rings is 2. The van der Waals surface area contributed by atoms with Crippen molar-refractivity contribution in [1.82, 2.24) is 15.1 Å². The number of likely N-dealkylation sites (tertiary alicyclic amines) is 1. The summed E-state index contributed by atoms with van der Waals surface area (Å²) in [6.45, 7) is 2.26. The predicted octanol–water partition coefficient (Wildman–Crippen LogP) is 3.28. The molecule has 2 saturated heterocycles. The molecule has 4 aliphatic rings. The summed E-state index contributed by atoms with van der Waals surface area (Å²) in [7, 11) is 0. The average molecular weight is 448 g/mol. The van der Waals surface area contributed by atoms with E-state index >= 15 is 0 Å². The van der Waals surface area contributed by atoms with Crippen LogP contribution in [-0.2, 0) is 17.6 Å². The molecular weight excluding hydrogens is 418 g/mol. The molecule has 3 amide bonds. The van der Waals surface area contributed by atoms with E-state index in [1.807, 2.05) is 28.0 Å². The van der Waals surface area contributed by atoms with Crippen LogP contribution in [0.2, 0.25) is 0 Å². The van der Waals surface area contributed by atoms with E-state index in [-0.39, 0.29) is 36.7 Å². The third kappa shape index (κ3) is 3.59. The molecule has 0 saturated carbocycles. The van der Waals surface area contributed by atoms with Crippen LogP contribution in [0.4, 0.5) is 4.79 Å². The van der Waals surface area contributed by atoms with Gasteiger partial charge in [-0.1, -0.05) is 30.3 Å². The van der Waals surface area contributed by atoms with Crippen molar-refractivity contribution in [3.8, 4) is 11.5 Å². The SMILES string of the molecule is O=C(NCCc1ccccc1)N1CCC[C@H]2C(=O)N3CCc4cc5c(cc4[C@@H]3C[C@H]21)OCO5. The summed E-state index contributed by atoms with van der Waals surface area (Å²) in [6, 6.07) is 14.2. The third-order valence-corrected chi connectivity index (χ3v) is 7.63. The van der Waals surface area contributed by atoms with Gasteiger partial charge in [0.2, 0.25) is 12.7 Å². The second-order valence-corrected chi connectivity index (χ2v) is 9.41. The van der Waals surface area contributed by atoms with Crippen LogP contribution in [0.3, 0.4) is 0 Å². The van der Waals surface area contributed by atoms with E-state index in [9.17, 15) is 9.59 Å². The number of ether oxygens (including phenoxy) is 2. The molecule has 1 N–H and O–H groups in total. The maximum Gasteiger partial charge on any atom is 0.317 e. The molecule has 0 aliphatic carbocycles. The molecule has 7 nitrogen and oxygen atoms in total. The highest BCUT2D eigenvalue weighted by Gasteiger charge is 2.49. The second kappa shape index (κ2) is 8.28. The first-order valence-electron chi connectivity index (χ1n) is 12.0. The summed E-state index contributed by atoms with van der Waals surface area (Å²) in [5.41, 5.74) is 3.57. The quantitative estimate of drug-likeness (QED) is 0.784. The maximum atomic E-state index is 13.5. The van der Waals surface area contributed by atoms with E-state index in [0.29, 0.717) is 13.1 Å². The molecule has 3 atom stereocenters. The number of urea groups is 1. The summed E-state index contributed by atoms with van der Waals surface area (Å²) in [6.07, 6.45) is 4.12. The molecule has 6 rings (SSSR count). The summed E-state index contributed by atoms with van der Waals surface area (Å²) >= 11 is 0. The molecule has 33 heavy (non-hydrogen) atoms. The van der Waals surface area contributed by atoms with E-state index < -0.39 is 0 Å². The van der Waals surface area contributed by atoms with Gasteiger partial charge in [-0.2, -0.15) is 0 Å². The first-order valence-corrected chi connectivity index (χ1v) is 12.0. The van der Waals surface area contributed by atoms with Crippen molar-refractivity contribution in [1.29, 1.82) is 0 Å². The van der Waals surface area contributed by atoms with Gasteiger partial charge in [0.15, 0.2) is 11.5 Å². The molecule has 0 bridgehead atoms. The molecule has 0 radical (unpaired) electrons. The minimum absolute atomic E-state index is 0.0188. The van der Waals surface area contributed by atoms with E-state index in [1.54, 1.807) is 0 Å². The number of benzene rings is 2. The van der Waals surface area contributed by atoms with Gasteiger partial charge < -0.3 is 24.6 Å². The lowest BCUT2D eigenvalue weighted by molar-refractivity contribution is -0.148. The zero-order valence-corrected chi connectivity index (χ0v) is 18.7. The fraction of sp³-hybridized carbons (Fsp3) is 0.462. The summed E-state index contributed by atoms with van der Waals surface area (Å²) in [5.74, 6) is 1.63. The average Bonchev–Trinajstić information content (AvgIpc) is 3.30. The number of rotatable bonds is 3. The van der Waals surface area contributed by atoms with Crippen LogP contribution in [0.15, 0.2) is 42.5 Å². The molecule has 4 heterocycles. The Morgan fingerprint density at radius 3 is 2.76 bits per heavy atom. The molecule has 0 aromatic heterocycles. The van der Waals surface area contributed by atoms with Gasteiger partial charge in [-0.05, 0) is 60.9 Å². The smallest absolute Gasteiger partial charge is 0.317 e. The maximum absolute atomic E-state index is 13.5. The molecule has 2 aromatic carbocycles. The summed E-state index contributed by atoms with van der Waals surface area (Å²) in [5, 5.41) is 3.10. The Labute approximate surface area is 193 Å². The monoisotopic (exact) mass is 447 g/mol. The Bertz CT molecular complexity index is 1070. The summed E-state index contributed by atoms with van der Waals surface area (Å²) in [4.78, 5) is 30.6. The molecular formula is C26H29N3O4. The van der Waals surface area contributed by atoms with Crippen LogP contribution in [0, 0.1) is 5.92 Å². The zero-order chi connectivity index (χ0) is 22.4. The Kier molecular flexibility index (Phi) is 5.12. The van der Waals surface area contributed by atoms with Crippen LogP contribution < -0.4 is 14.8 Å². The Morgan fingerprint density at radius 2 is 1.91 bits per heavy atom. The zero-order valence-electron chi connectivity index (χ0n) is 18.7. The number of nitrogens with one attached hydrogen (secondary N) is 1. The molecule has 2 aromatic rings.